The fourth-order valence-electron chi connectivity index (χ4n) is 7.76. The number of hydrogen-bond donors (Lipinski definition) is 0. The van der Waals surface area contributed by atoms with Crippen molar-refractivity contribution in [1.82, 2.24) is 0 Å². The van der Waals surface area contributed by atoms with Gasteiger partial charge >= 0.3 is 0 Å². The molecule has 0 saturated carbocycles. The normalized spacial score (nSPS) is 20.0. The van der Waals surface area contributed by atoms with Gasteiger partial charge in [-0.3, -0.25) is 0 Å². The van der Waals surface area contributed by atoms with E-state index in [9.17, 15) is 0 Å². The van der Waals surface area contributed by atoms with Crippen LogP contribution in [0.25, 0.3) is 65.3 Å². The summed E-state index contributed by atoms with van der Waals surface area (Å²) in [6.45, 7) is 0. The van der Waals surface area contributed by atoms with Crippen molar-refractivity contribution in [3.63, 3.8) is 0 Å². The van der Waals surface area contributed by atoms with Crippen molar-refractivity contribution in [3.8, 4) is 22.3 Å². The maximum atomic E-state index is 2.40. The van der Waals surface area contributed by atoms with E-state index in [4.69, 9.17) is 0 Å². The highest BCUT2D eigenvalue weighted by Gasteiger charge is 2.49. The van der Waals surface area contributed by atoms with Gasteiger partial charge in [-0.25, -0.2) is 0 Å². The number of rotatable bonds is 0. The molecule has 0 N–H and O–H groups in total. The highest BCUT2D eigenvalue weighted by molar-refractivity contribution is 6.24. The molecule has 0 radical (unpaired) electrons. The van der Waals surface area contributed by atoms with Crippen molar-refractivity contribution < 1.29 is 0 Å². The Morgan fingerprint density at radius 2 is 0.533 bits per heavy atom. The Balaban J connectivity index is 1.63. The Hall–Kier alpha value is -3.64. The van der Waals surface area contributed by atoms with Gasteiger partial charge in [-0.2, -0.15) is 0 Å². The second kappa shape index (κ2) is 3.87. The summed E-state index contributed by atoms with van der Waals surface area (Å²) in [5, 5.41) is 11.7. The molecule has 0 spiro atoms. The monoisotopic (exact) mass is 374 g/mol. The third kappa shape index (κ3) is 1.09. The third-order valence-electron chi connectivity index (χ3n) is 8.65. The first-order valence-electron chi connectivity index (χ1n) is 11.0. The largest absolute Gasteiger partial charge is 0.0537 e. The van der Waals surface area contributed by atoms with Gasteiger partial charge in [0.05, 0.1) is 0 Å². The zero-order chi connectivity index (χ0) is 18.9. The van der Waals surface area contributed by atoms with Crippen LogP contribution in [0.5, 0.6) is 0 Å². The lowest BCUT2D eigenvalue weighted by Crippen LogP contribution is -2.20. The van der Waals surface area contributed by atoms with Crippen molar-refractivity contribution in [2.24, 2.45) is 0 Å². The summed E-state index contributed by atoms with van der Waals surface area (Å²) in [7, 11) is 0. The Bertz CT molecular complexity index is 1620. The van der Waals surface area contributed by atoms with Gasteiger partial charge in [0, 0.05) is 11.8 Å². The minimum absolute atomic E-state index is 0.475. The van der Waals surface area contributed by atoms with Gasteiger partial charge in [-0.15, -0.1) is 0 Å². The zero-order valence-electron chi connectivity index (χ0n) is 16.1. The molecule has 0 heterocycles. The zero-order valence-corrected chi connectivity index (χ0v) is 16.1. The standard InChI is InChI=1S/C30H14/c1-2-14-6-10-18-20-12-8-16-4-3-15-7-11-19-17-9-5-13(1)21-22(14)26(18)29(25(17)21)30-27(19)23(15)24(16)28(20)30/h1-12,29-30H. The lowest BCUT2D eigenvalue weighted by molar-refractivity contribution is 0.710. The average molecular weight is 374 g/mol. The lowest BCUT2D eigenvalue weighted by atomic mass is 9.65. The van der Waals surface area contributed by atoms with E-state index in [0.29, 0.717) is 11.8 Å². The number of benzene rings is 6. The van der Waals surface area contributed by atoms with Crippen LogP contribution in [0.1, 0.15) is 34.1 Å². The van der Waals surface area contributed by atoms with Crippen molar-refractivity contribution in [2.75, 3.05) is 0 Å². The van der Waals surface area contributed by atoms with Crippen molar-refractivity contribution in [2.45, 2.75) is 11.8 Å². The number of fused-ring (bicyclic) bond motifs is 2. The Kier molecular flexibility index (Phi) is 1.75. The fourth-order valence-corrected chi connectivity index (χ4v) is 7.76. The molecule has 6 aromatic carbocycles. The topological polar surface area (TPSA) is 0 Å². The first-order valence-corrected chi connectivity index (χ1v) is 11.0. The van der Waals surface area contributed by atoms with Gasteiger partial charge in [0.15, 0.2) is 0 Å². The van der Waals surface area contributed by atoms with E-state index < -0.39 is 0 Å². The predicted octanol–water partition coefficient (Wildman–Crippen LogP) is 7.85. The SMILES string of the molecule is c1cc2ccc3ccc4c5c3c2c2c1-c1ccc3ccc6ccc-4c4c6c3c1C4C25. The molecule has 10 rings (SSSR count). The minimum atomic E-state index is 0.475. The Morgan fingerprint density at radius 1 is 0.300 bits per heavy atom. The van der Waals surface area contributed by atoms with Crippen molar-refractivity contribution in [1.29, 1.82) is 0 Å². The summed E-state index contributed by atoms with van der Waals surface area (Å²) in [6, 6.07) is 28.4. The van der Waals surface area contributed by atoms with Crippen LogP contribution in [-0.4, -0.2) is 0 Å². The van der Waals surface area contributed by atoms with E-state index in [2.05, 4.69) is 72.8 Å². The lowest BCUT2D eigenvalue weighted by Gasteiger charge is -2.37. The molecule has 4 aliphatic rings. The maximum Gasteiger partial charge on any atom is 0.0225 e. The van der Waals surface area contributed by atoms with E-state index in [1.807, 2.05) is 0 Å². The third-order valence-corrected chi connectivity index (χ3v) is 8.65. The van der Waals surface area contributed by atoms with E-state index in [0.717, 1.165) is 0 Å². The van der Waals surface area contributed by atoms with Crippen LogP contribution in [0.3, 0.4) is 0 Å². The number of hydrogen-bond acceptors (Lipinski definition) is 0. The van der Waals surface area contributed by atoms with Crippen LogP contribution in [0.4, 0.5) is 0 Å². The highest BCUT2D eigenvalue weighted by atomic mass is 14.5. The molecule has 4 aliphatic carbocycles. The predicted molar refractivity (Wildman–Crippen MR) is 125 cm³/mol. The molecule has 6 aromatic rings. The van der Waals surface area contributed by atoms with E-state index in [1.165, 1.54) is 65.3 Å². The minimum Gasteiger partial charge on any atom is -0.0537 e. The quantitative estimate of drug-likeness (QED) is 0.237. The molecule has 0 bridgehead atoms. The van der Waals surface area contributed by atoms with Gasteiger partial charge < -0.3 is 0 Å². The maximum absolute atomic E-state index is 2.40. The van der Waals surface area contributed by atoms with Gasteiger partial charge in [0.2, 0.25) is 0 Å². The molecule has 0 heteroatoms. The smallest absolute Gasteiger partial charge is 0.0225 e. The Morgan fingerprint density at radius 3 is 0.800 bits per heavy atom. The molecule has 0 atom stereocenters. The van der Waals surface area contributed by atoms with Crippen molar-refractivity contribution in [3.05, 3.63) is 95.1 Å². The van der Waals surface area contributed by atoms with E-state index in [-0.39, 0.29) is 0 Å². The summed E-state index contributed by atoms with van der Waals surface area (Å²) in [5.41, 5.74) is 12.3. The summed E-state index contributed by atoms with van der Waals surface area (Å²) in [4.78, 5) is 0. The summed E-state index contributed by atoms with van der Waals surface area (Å²) < 4.78 is 0. The Labute approximate surface area is 172 Å². The van der Waals surface area contributed by atoms with Gasteiger partial charge in [-0.1, -0.05) is 72.8 Å². The van der Waals surface area contributed by atoms with Crippen LogP contribution >= 0.6 is 0 Å². The molecule has 0 saturated heterocycles. The molecule has 134 valence electrons. The molecule has 0 fully saturated rings. The molecular weight excluding hydrogens is 360 g/mol. The molecule has 0 amide bonds. The van der Waals surface area contributed by atoms with Crippen LogP contribution in [-0.2, 0) is 0 Å². The van der Waals surface area contributed by atoms with Crippen LogP contribution in [0, 0.1) is 0 Å². The van der Waals surface area contributed by atoms with Gasteiger partial charge in [0.1, 0.15) is 0 Å². The van der Waals surface area contributed by atoms with Crippen LogP contribution in [0.15, 0.2) is 72.8 Å². The molecule has 0 aromatic heterocycles. The summed E-state index contributed by atoms with van der Waals surface area (Å²) in [6.07, 6.45) is 0. The van der Waals surface area contributed by atoms with Gasteiger partial charge in [0.25, 0.3) is 0 Å². The second-order valence-corrected chi connectivity index (χ2v) is 9.59. The molecule has 0 unspecified atom stereocenters. The molecular formula is C30H14. The molecule has 0 nitrogen and oxygen atoms in total. The van der Waals surface area contributed by atoms with Crippen LogP contribution < -0.4 is 0 Å². The molecule has 0 aliphatic heterocycles. The molecule has 30 heavy (non-hydrogen) atoms. The fraction of sp³-hybridized carbons (Fsp3) is 0.0667. The first kappa shape index (κ1) is 13.6. The first-order chi connectivity index (χ1) is 14.9. The van der Waals surface area contributed by atoms with E-state index >= 15 is 0 Å². The van der Waals surface area contributed by atoms with E-state index in [1.54, 1.807) is 22.3 Å². The summed E-state index contributed by atoms with van der Waals surface area (Å²) in [5.74, 6) is 0.951. The summed E-state index contributed by atoms with van der Waals surface area (Å²) >= 11 is 0. The average Bonchev–Trinajstić information content (AvgIpc) is 3.34. The van der Waals surface area contributed by atoms with Crippen molar-refractivity contribution >= 4 is 43.1 Å². The highest BCUT2D eigenvalue weighted by Crippen LogP contribution is 2.69. The van der Waals surface area contributed by atoms with Crippen LogP contribution in [0.2, 0.25) is 0 Å². The van der Waals surface area contributed by atoms with Gasteiger partial charge in [-0.05, 0) is 87.6 Å². The second-order valence-electron chi connectivity index (χ2n) is 9.59.